The van der Waals surface area contributed by atoms with E-state index in [0.717, 1.165) is 0 Å². The van der Waals surface area contributed by atoms with Gasteiger partial charge in [-0.3, -0.25) is 4.79 Å². The fraction of sp³-hybridized carbons (Fsp3) is 0.167. The molecule has 0 aromatic carbocycles. The minimum absolute atomic E-state index is 0.00755. The van der Waals surface area contributed by atoms with Crippen molar-refractivity contribution < 1.29 is 4.79 Å². The van der Waals surface area contributed by atoms with Crippen molar-refractivity contribution in [2.45, 2.75) is 11.1 Å². The highest BCUT2D eigenvalue weighted by atomic mass is 35.5. The van der Waals surface area contributed by atoms with Crippen LogP contribution in [0.3, 0.4) is 0 Å². The van der Waals surface area contributed by atoms with E-state index >= 15 is 0 Å². The van der Waals surface area contributed by atoms with Crippen molar-refractivity contribution in [2.75, 3.05) is 0 Å². The summed E-state index contributed by atoms with van der Waals surface area (Å²) in [5.41, 5.74) is 0.610. The maximum Gasteiger partial charge on any atom is 0.161 e. The standard InChI is InChI=1S/C6H5ClOS2/c1-3(8)4-2-5(7)10-6(4)9/h2,9H,1H3. The number of ketones is 1. The number of rotatable bonds is 1. The molecule has 0 radical (unpaired) electrons. The Balaban J connectivity index is 3.15. The van der Waals surface area contributed by atoms with E-state index in [2.05, 4.69) is 12.6 Å². The van der Waals surface area contributed by atoms with Crippen LogP contribution in [0.5, 0.6) is 0 Å². The van der Waals surface area contributed by atoms with Crippen LogP contribution in [0.4, 0.5) is 0 Å². The Morgan fingerprint density at radius 2 is 2.40 bits per heavy atom. The van der Waals surface area contributed by atoms with Gasteiger partial charge in [-0.05, 0) is 13.0 Å². The molecule has 0 saturated heterocycles. The summed E-state index contributed by atoms with van der Waals surface area (Å²) in [6.07, 6.45) is 0. The highest BCUT2D eigenvalue weighted by Crippen LogP contribution is 2.29. The van der Waals surface area contributed by atoms with E-state index in [4.69, 9.17) is 11.6 Å². The second kappa shape index (κ2) is 2.95. The minimum atomic E-state index is 0.00755. The quantitative estimate of drug-likeness (QED) is 0.535. The Morgan fingerprint density at radius 1 is 1.80 bits per heavy atom. The maximum atomic E-state index is 10.8. The van der Waals surface area contributed by atoms with Gasteiger partial charge in [-0.2, -0.15) is 0 Å². The van der Waals surface area contributed by atoms with Crippen molar-refractivity contribution in [3.8, 4) is 0 Å². The molecule has 0 bridgehead atoms. The zero-order chi connectivity index (χ0) is 7.72. The summed E-state index contributed by atoms with van der Waals surface area (Å²) in [7, 11) is 0. The predicted molar refractivity (Wildman–Crippen MR) is 46.6 cm³/mol. The summed E-state index contributed by atoms with van der Waals surface area (Å²) in [6, 6.07) is 1.64. The smallest absolute Gasteiger partial charge is 0.161 e. The van der Waals surface area contributed by atoms with Crippen molar-refractivity contribution in [3.63, 3.8) is 0 Å². The van der Waals surface area contributed by atoms with Crippen molar-refractivity contribution in [1.82, 2.24) is 0 Å². The summed E-state index contributed by atoms with van der Waals surface area (Å²) < 4.78 is 1.30. The molecular formula is C6H5ClOS2. The first kappa shape index (κ1) is 8.11. The maximum absolute atomic E-state index is 10.8. The fourth-order valence-corrected chi connectivity index (χ4v) is 2.30. The average Bonchev–Trinajstić information content (AvgIpc) is 2.10. The van der Waals surface area contributed by atoms with Crippen LogP contribution in [-0.4, -0.2) is 5.78 Å². The highest BCUT2D eigenvalue weighted by Gasteiger charge is 2.07. The van der Waals surface area contributed by atoms with Crippen molar-refractivity contribution in [3.05, 3.63) is 16.0 Å². The minimum Gasteiger partial charge on any atom is -0.294 e. The topological polar surface area (TPSA) is 17.1 Å². The van der Waals surface area contributed by atoms with E-state index < -0.39 is 0 Å². The van der Waals surface area contributed by atoms with Crippen LogP contribution in [0.1, 0.15) is 17.3 Å². The molecule has 1 aromatic rings. The normalized spacial score (nSPS) is 9.90. The van der Waals surface area contributed by atoms with Gasteiger partial charge in [-0.15, -0.1) is 24.0 Å². The van der Waals surface area contributed by atoms with E-state index in [1.807, 2.05) is 0 Å². The summed E-state index contributed by atoms with van der Waals surface area (Å²) in [5, 5.41) is 0. The molecule has 0 amide bonds. The van der Waals surface area contributed by atoms with Gasteiger partial charge in [0.15, 0.2) is 5.78 Å². The van der Waals surface area contributed by atoms with Gasteiger partial charge in [0.05, 0.1) is 8.55 Å². The van der Waals surface area contributed by atoms with Crippen LogP contribution in [0.2, 0.25) is 4.34 Å². The number of thiophene rings is 1. The Labute approximate surface area is 73.4 Å². The van der Waals surface area contributed by atoms with Crippen LogP contribution in [0, 0.1) is 0 Å². The molecule has 1 aromatic heterocycles. The molecule has 0 fully saturated rings. The number of hydrogen-bond acceptors (Lipinski definition) is 3. The first-order chi connectivity index (χ1) is 4.61. The lowest BCUT2D eigenvalue weighted by molar-refractivity contribution is 0.101. The number of hydrogen-bond donors (Lipinski definition) is 1. The van der Waals surface area contributed by atoms with Gasteiger partial charge in [-0.1, -0.05) is 11.6 Å². The van der Waals surface area contributed by atoms with Crippen LogP contribution < -0.4 is 0 Å². The predicted octanol–water partition coefficient (Wildman–Crippen LogP) is 2.89. The molecule has 0 aliphatic rings. The summed E-state index contributed by atoms with van der Waals surface area (Å²) >= 11 is 11.0. The molecule has 0 N–H and O–H groups in total. The third kappa shape index (κ3) is 1.54. The molecule has 0 unspecified atom stereocenters. The largest absolute Gasteiger partial charge is 0.294 e. The Bertz CT molecular complexity index is 267. The second-order valence-electron chi connectivity index (χ2n) is 1.83. The molecule has 1 nitrogen and oxygen atoms in total. The van der Waals surface area contributed by atoms with E-state index in [1.54, 1.807) is 6.07 Å². The molecule has 0 aliphatic carbocycles. The van der Waals surface area contributed by atoms with Gasteiger partial charge in [0.2, 0.25) is 0 Å². The first-order valence-electron chi connectivity index (χ1n) is 2.60. The summed E-state index contributed by atoms with van der Waals surface area (Å²) in [5.74, 6) is 0.00755. The third-order valence-corrected chi connectivity index (χ3v) is 2.64. The monoisotopic (exact) mass is 192 g/mol. The fourth-order valence-electron chi connectivity index (χ4n) is 0.604. The Kier molecular flexibility index (Phi) is 2.39. The number of Topliss-reactive ketones (excluding diaryl/α,β-unsaturated/α-hetero) is 1. The van der Waals surface area contributed by atoms with Gasteiger partial charge >= 0.3 is 0 Å². The molecule has 4 heteroatoms. The van der Waals surface area contributed by atoms with Crippen molar-refractivity contribution in [2.24, 2.45) is 0 Å². The van der Waals surface area contributed by atoms with E-state index in [1.165, 1.54) is 18.3 Å². The van der Waals surface area contributed by atoms with E-state index in [9.17, 15) is 4.79 Å². The number of thiol groups is 1. The van der Waals surface area contributed by atoms with Crippen LogP contribution in [0.15, 0.2) is 10.3 Å². The Morgan fingerprint density at radius 3 is 2.60 bits per heavy atom. The van der Waals surface area contributed by atoms with Gasteiger partial charge in [0, 0.05) is 5.56 Å². The number of carbonyl (C=O) groups excluding carboxylic acids is 1. The van der Waals surface area contributed by atoms with Crippen LogP contribution >= 0.6 is 35.6 Å². The summed E-state index contributed by atoms with van der Waals surface area (Å²) in [4.78, 5) is 10.8. The second-order valence-corrected chi connectivity index (χ2v) is 4.26. The summed E-state index contributed by atoms with van der Waals surface area (Å²) in [6.45, 7) is 1.50. The van der Waals surface area contributed by atoms with Crippen LogP contribution in [0.25, 0.3) is 0 Å². The van der Waals surface area contributed by atoms with E-state index in [-0.39, 0.29) is 5.78 Å². The zero-order valence-electron chi connectivity index (χ0n) is 5.22. The average molecular weight is 193 g/mol. The lowest BCUT2D eigenvalue weighted by Crippen LogP contribution is -1.87. The zero-order valence-corrected chi connectivity index (χ0v) is 7.69. The van der Waals surface area contributed by atoms with Gasteiger partial charge < -0.3 is 0 Å². The molecule has 1 rings (SSSR count). The number of halogens is 1. The SMILES string of the molecule is CC(=O)c1cc(Cl)sc1S. The van der Waals surface area contributed by atoms with E-state index in [0.29, 0.717) is 14.1 Å². The molecule has 1 heterocycles. The molecule has 10 heavy (non-hydrogen) atoms. The molecule has 0 saturated carbocycles. The Hall–Kier alpha value is 0.01000. The van der Waals surface area contributed by atoms with Gasteiger partial charge in [0.25, 0.3) is 0 Å². The lowest BCUT2D eigenvalue weighted by Gasteiger charge is -1.86. The molecule has 54 valence electrons. The van der Waals surface area contributed by atoms with Gasteiger partial charge in [0.1, 0.15) is 0 Å². The first-order valence-corrected chi connectivity index (χ1v) is 4.24. The highest BCUT2D eigenvalue weighted by molar-refractivity contribution is 7.83. The third-order valence-electron chi connectivity index (χ3n) is 1.06. The number of carbonyl (C=O) groups is 1. The van der Waals surface area contributed by atoms with Crippen LogP contribution in [-0.2, 0) is 0 Å². The molecule has 0 spiro atoms. The molecular weight excluding hydrogens is 188 g/mol. The molecule has 0 aliphatic heterocycles. The molecule has 0 atom stereocenters. The van der Waals surface area contributed by atoms with Crippen molar-refractivity contribution in [1.29, 1.82) is 0 Å². The van der Waals surface area contributed by atoms with Crippen molar-refractivity contribution >= 4 is 41.3 Å². The van der Waals surface area contributed by atoms with Gasteiger partial charge in [-0.25, -0.2) is 0 Å². The lowest BCUT2D eigenvalue weighted by atomic mass is 10.2.